The molecule has 0 radical (unpaired) electrons. The highest BCUT2D eigenvalue weighted by Gasteiger charge is 2.30. The van der Waals surface area contributed by atoms with Crippen LogP contribution in [0.15, 0.2) is 22.9 Å². The molecule has 2 aliphatic heterocycles. The number of carbonyl (C=O) groups excluding carboxylic acids is 1. The Morgan fingerprint density at radius 3 is 2.83 bits per heavy atom. The molecule has 1 amide bonds. The number of nitrogens with zero attached hydrogens (tertiary/aromatic N) is 2. The third-order valence-corrected chi connectivity index (χ3v) is 7.11. The van der Waals surface area contributed by atoms with Crippen LogP contribution < -0.4 is 0 Å². The predicted molar refractivity (Wildman–Crippen MR) is 96.1 cm³/mol. The van der Waals surface area contributed by atoms with Gasteiger partial charge >= 0.3 is 0 Å². The third-order valence-electron chi connectivity index (χ3n) is 5.09. The lowest BCUT2D eigenvalue weighted by Crippen LogP contribution is -2.45. The van der Waals surface area contributed by atoms with Gasteiger partial charge in [-0.25, -0.2) is 0 Å². The van der Waals surface area contributed by atoms with E-state index in [-0.39, 0.29) is 0 Å². The number of rotatable bonds is 3. The molecule has 0 fully saturated rings. The first-order chi connectivity index (χ1) is 11.3. The molecule has 3 nitrogen and oxygen atoms in total. The molecule has 23 heavy (non-hydrogen) atoms. The Labute approximate surface area is 145 Å². The predicted octanol–water partition coefficient (Wildman–Crippen LogP) is 3.70. The Morgan fingerprint density at radius 1 is 1.17 bits per heavy atom. The lowest BCUT2D eigenvalue weighted by Gasteiger charge is -2.37. The molecule has 0 N–H and O–H groups in total. The van der Waals surface area contributed by atoms with Crippen LogP contribution >= 0.6 is 22.7 Å². The molecule has 0 saturated heterocycles. The molecule has 122 valence electrons. The summed E-state index contributed by atoms with van der Waals surface area (Å²) in [7, 11) is 0. The second-order valence-corrected chi connectivity index (χ2v) is 8.38. The summed E-state index contributed by atoms with van der Waals surface area (Å²) in [4.78, 5) is 20.2. The lowest BCUT2D eigenvalue weighted by molar-refractivity contribution is -0.134. The minimum atomic E-state index is 0.291. The van der Waals surface area contributed by atoms with Gasteiger partial charge in [0.25, 0.3) is 0 Å². The first kappa shape index (κ1) is 15.4. The normalized spacial score (nSPS) is 21.1. The summed E-state index contributed by atoms with van der Waals surface area (Å²) < 4.78 is 0. The van der Waals surface area contributed by atoms with Crippen LogP contribution in [0.4, 0.5) is 0 Å². The van der Waals surface area contributed by atoms with Crippen molar-refractivity contribution in [2.24, 2.45) is 0 Å². The maximum absolute atomic E-state index is 12.8. The Kier molecular flexibility index (Phi) is 4.26. The van der Waals surface area contributed by atoms with Crippen LogP contribution in [0.25, 0.3) is 0 Å². The van der Waals surface area contributed by atoms with E-state index >= 15 is 0 Å². The van der Waals surface area contributed by atoms with Gasteiger partial charge in [-0.1, -0.05) is 6.92 Å². The molecule has 0 aliphatic carbocycles. The molecule has 2 aromatic heterocycles. The van der Waals surface area contributed by atoms with Crippen LogP contribution in [-0.2, 0) is 24.2 Å². The zero-order valence-corrected chi connectivity index (χ0v) is 15.1. The summed E-state index contributed by atoms with van der Waals surface area (Å²) in [6.45, 7) is 5.47. The minimum Gasteiger partial charge on any atom is -0.337 e. The summed E-state index contributed by atoms with van der Waals surface area (Å²) in [5.74, 6) is 0.291. The molecule has 0 spiro atoms. The monoisotopic (exact) mass is 346 g/mol. The number of thiophene rings is 2. The zero-order valence-electron chi connectivity index (χ0n) is 13.5. The van der Waals surface area contributed by atoms with Gasteiger partial charge in [-0.05, 0) is 53.3 Å². The molecule has 0 aromatic carbocycles. The van der Waals surface area contributed by atoms with Crippen LogP contribution in [0.1, 0.15) is 40.3 Å². The average molecular weight is 347 g/mol. The van der Waals surface area contributed by atoms with E-state index in [0.29, 0.717) is 18.5 Å². The van der Waals surface area contributed by atoms with Crippen molar-refractivity contribution in [1.29, 1.82) is 0 Å². The lowest BCUT2D eigenvalue weighted by atomic mass is 9.98. The van der Waals surface area contributed by atoms with E-state index in [4.69, 9.17) is 0 Å². The van der Waals surface area contributed by atoms with Gasteiger partial charge in [0.15, 0.2) is 0 Å². The summed E-state index contributed by atoms with van der Waals surface area (Å²) in [6, 6.07) is 4.84. The van der Waals surface area contributed by atoms with Gasteiger partial charge in [0, 0.05) is 35.4 Å². The molecule has 2 aliphatic rings. The van der Waals surface area contributed by atoms with Crippen LogP contribution in [0.3, 0.4) is 0 Å². The van der Waals surface area contributed by atoms with Crippen molar-refractivity contribution in [2.75, 3.05) is 19.6 Å². The first-order valence-electron chi connectivity index (χ1n) is 8.39. The molecule has 0 unspecified atom stereocenters. The minimum absolute atomic E-state index is 0.291. The molecule has 5 heteroatoms. The summed E-state index contributed by atoms with van der Waals surface area (Å²) in [5.41, 5.74) is 2.80. The van der Waals surface area contributed by atoms with Crippen molar-refractivity contribution in [2.45, 2.75) is 38.8 Å². The van der Waals surface area contributed by atoms with E-state index in [1.165, 1.54) is 20.9 Å². The van der Waals surface area contributed by atoms with Crippen molar-refractivity contribution in [3.8, 4) is 0 Å². The van der Waals surface area contributed by atoms with E-state index < -0.39 is 0 Å². The second-order valence-electron chi connectivity index (χ2n) is 6.38. The van der Waals surface area contributed by atoms with Gasteiger partial charge in [0.2, 0.25) is 5.91 Å². The van der Waals surface area contributed by atoms with Gasteiger partial charge in [-0.2, -0.15) is 0 Å². The van der Waals surface area contributed by atoms with Gasteiger partial charge < -0.3 is 4.90 Å². The number of hydrogen-bond acceptors (Lipinski definition) is 4. The van der Waals surface area contributed by atoms with Gasteiger partial charge in [-0.15, -0.1) is 22.7 Å². The van der Waals surface area contributed by atoms with Crippen LogP contribution in [0.2, 0.25) is 0 Å². The SMILES string of the molecule is CC[C@@H]1c2ccsc2CCN1CC(=O)N1CCc2sccc2C1. The zero-order chi connectivity index (χ0) is 15.8. The van der Waals surface area contributed by atoms with Crippen molar-refractivity contribution in [3.63, 3.8) is 0 Å². The fourth-order valence-electron chi connectivity index (χ4n) is 3.85. The molecule has 2 aromatic rings. The molecular weight excluding hydrogens is 324 g/mol. The summed E-state index contributed by atoms with van der Waals surface area (Å²) in [6.07, 6.45) is 3.18. The second kappa shape index (κ2) is 6.38. The van der Waals surface area contributed by atoms with E-state index in [1.807, 2.05) is 27.6 Å². The van der Waals surface area contributed by atoms with Crippen LogP contribution in [0, 0.1) is 0 Å². The van der Waals surface area contributed by atoms with Crippen molar-refractivity contribution in [3.05, 3.63) is 43.8 Å². The number of fused-ring (bicyclic) bond motifs is 2. The Morgan fingerprint density at radius 2 is 1.96 bits per heavy atom. The quantitative estimate of drug-likeness (QED) is 0.846. The molecular formula is C18H22N2OS2. The topological polar surface area (TPSA) is 23.6 Å². The number of amides is 1. The fraction of sp³-hybridized carbons (Fsp3) is 0.500. The van der Waals surface area contributed by atoms with E-state index in [1.54, 1.807) is 0 Å². The van der Waals surface area contributed by atoms with E-state index in [2.05, 4.69) is 34.7 Å². The highest BCUT2D eigenvalue weighted by molar-refractivity contribution is 7.10. The highest BCUT2D eigenvalue weighted by Crippen LogP contribution is 2.35. The van der Waals surface area contributed by atoms with Gasteiger partial charge in [-0.3, -0.25) is 9.69 Å². The smallest absolute Gasteiger partial charge is 0.237 e. The van der Waals surface area contributed by atoms with Crippen LogP contribution in [0.5, 0.6) is 0 Å². The maximum atomic E-state index is 12.8. The highest BCUT2D eigenvalue weighted by atomic mass is 32.1. The molecule has 0 saturated carbocycles. The molecule has 1 atom stereocenters. The largest absolute Gasteiger partial charge is 0.337 e. The summed E-state index contributed by atoms with van der Waals surface area (Å²) in [5, 5.41) is 4.34. The maximum Gasteiger partial charge on any atom is 0.237 e. The van der Waals surface area contributed by atoms with Crippen molar-refractivity contribution >= 4 is 28.6 Å². The van der Waals surface area contributed by atoms with Crippen molar-refractivity contribution in [1.82, 2.24) is 9.80 Å². The Hall–Kier alpha value is -1.17. The molecule has 4 rings (SSSR count). The van der Waals surface area contributed by atoms with Gasteiger partial charge in [0.05, 0.1) is 6.54 Å². The summed E-state index contributed by atoms with van der Waals surface area (Å²) >= 11 is 3.69. The third kappa shape index (κ3) is 2.86. The standard InChI is InChI=1S/C18H22N2OS2/c1-2-15-14-6-10-23-17(14)4-7-19(15)12-18(21)20-8-3-16-13(11-20)5-9-22-16/h5-6,9-10,15H,2-4,7-8,11-12H2,1H3/t15-/m1/s1. The van der Waals surface area contributed by atoms with E-state index in [0.717, 1.165) is 38.9 Å². The molecule has 4 heterocycles. The Bertz CT molecular complexity index is 705. The fourth-order valence-corrected chi connectivity index (χ4v) is 5.67. The average Bonchev–Trinajstić information content (AvgIpc) is 3.22. The molecule has 0 bridgehead atoms. The van der Waals surface area contributed by atoms with Crippen molar-refractivity contribution < 1.29 is 4.79 Å². The van der Waals surface area contributed by atoms with E-state index in [9.17, 15) is 4.79 Å². The van der Waals surface area contributed by atoms with Gasteiger partial charge in [0.1, 0.15) is 0 Å². The first-order valence-corrected chi connectivity index (χ1v) is 10.2. The number of hydrogen-bond donors (Lipinski definition) is 0. The number of carbonyl (C=O) groups is 1. The van der Waals surface area contributed by atoms with Crippen LogP contribution in [-0.4, -0.2) is 35.3 Å². The Balaban J connectivity index is 1.45.